The molecule has 0 fully saturated rings. The number of hydrogen-bond donors (Lipinski definition) is 4. The van der Waals surface area contributed by atoms with Gasteiger partial charge in [0.05, 0.1) is 6.54 Å². The van der Waals surface area contributed by atoms with Crippen LogP contribution in [0.1, 0.15) is 10.4 Å². The van der Waals surface area contributed by atoms with Crippen molar-refractivity contribution in [3.05, 3.63) is 36.0 Å². The molecule has 0 saturated carbocycles. The molecule has 0 bridgehead atoms. The summed E-state index contributed by atoms with van der Waals surface area (Å²) in [5.41, 5.74) is 1.33. The zero-order valence-electron chi connectivity index (χ0n) is 9.38. The number of aliphatic hydroxyl groups excluding tert-OH is 1. The molecule has 1 aromatic heterocycles. The number of carboxylic acids is 1. The van der Waals surface area contributed by atoms with Gasteiger partial charge in [-0.15, -0.1) is 0 Å². The molecule has 94 valence electrons. The standard InChI is InChI=1S/C12H12N2O4/c15-10(12(17)18)6-14-11(16)8-1-2-9-7(5-8)3-4-13-9/h1-5,10,13,15H,6H2,(H,14,16)(H,17,18)/t10-/m0/s1. The summed E-state index contributed by atoms with van der Waals surface area (Å²) in [5, 5.41) is 20.8. The number of nitrogens with one attached hydrogen (secondary N) is 2. The van der Waals surface area contributed by atoms with Crippen LogP contribution < -0.4 is 5.32 Å². The monoisotopic (exact) mass is 248 g/mol. The van der Waals surface area contributed by atoms with E-state index in [1.807, 2.05) is 6.07 Å². The molecule has 0 aliphatic carbocycles. The fourth-order valence-electron chi connectivity index (χ4n) is 1.57. The van der Waals surface area contributed by atoms with Crippen LogP contribution in [-0.4, -0.2) is 39.7 Å². The molecule has 0 aliphatic rings. The van der Waals surface area contributed by atoms with Crippen LogP contribution in [0.4, 0.5) is 0 Å². The van der Waals surface area contributed by atoms with E-state index in [1.165, 1.54) is 0 Å². The highest BCUT2D eigenvalue weighted by Crippen LogP contribution is 2.14. The number of aliphatic carboxylic acids is 1. The molecule has 0 aliphatic heterocycles. The molecule has 1 atom stereocenters. The Hall–Kier alpha value is -2.34. The predicted molar refractivity (Wildman–Crippen MR) is 64.3 cm³/mol. The van der Waals surface area contributed by atoms with Gasteiger partial charge in [-0.3, -0.25) is 4.79 Å². The van der Waals surface area contributed by atoms with Crippen molar-refractivity contribution in [2.24, 2.45) is 0 Å². The summed E-state index contributed by atoms with van der Waals surface area (Å²) < 4.78 is 0. The smallest absolute Gasteiger partial charge is 0.334 e. The molecule has 1 aromatic carbocycles. The van der Waals surface area contributed by atoms with Crippen LogP contribution >= 0.6 is 0 Å². The van der Waals surface area contributed by atoms with E-state index in [4.69, 9.17) is 10.2 Å². The Balaban J connectivity index is 2.06. The molecule has 18 heavy (non-hydrogen) atoms. The maximum Gasteiger partial charge on any atom is 0.334 e. The summed E-state index contributed by atoms with van der Waals surface area (Å²) in [6.45, 7) is -0.320. The maximum atomic E-state index is 11.7. The van der Waals surface area contributed by atoms with Crippen LogP contribution in [0.25, 0.3) is 10.9 Å². The second-order valence-corrected chi connectivity index (χ2v) is 3.84. The Kier molecular flexibility index (Phi) is 3.29. The molecule has 1 amide bonds. The normalized spacial score (nSPS) is 12.3. The Bertz CT molecular complexity index is 591. The number of amides is 1. The minimum atomic E-state index is -1.59. The summed E-state index contributed by atoms with van der Waals surface area (Å²) in [4.78, 5) is 25.1. The highest BCUT2D eigenvalue weighted by molar-refractivity contribution is 5.98. The predicted octanol–water partition coefficient (Wildman–Crippen LogP) is 0.343. The first kappa shape index (κ1) is 12.1. The first-order valence-electron chi connectivity index (χ1n) is 5.34. The van der Waals surface area contributed by atoms with Crippen LogP contribution in [0.2, 0.25) is 0 Å². The molecule has 0 radical (unpaired) electrons. The number of benzene rings is 1. The van der Waals surface area contributed by atoms with Crippen molar-refractivity contribution in [3.63, 3.8) is 0 Å². The maximum absolute atomic E-state index is 11.7. The molecule has 6 heteroatoms. The summed E-state index contributed by atoms with van der Waals surface area (Å²) in [5.74, 6) is -1.78. The SMILES string of the molecule is O=C(NC[C@H](O)C(=O)O)c1ccc2[nH]ccc2c1. The third-order valence-corrected chi connectivity index (χ3v) is 2.56. The van der Waals surface area contributed by atoms with E-state index in [2.05, 4.69) is 10.3 Å². The third-order valence-electron chi connectivity index (χ3n) is 2.56. The van der Waals surface area contributed by atoms with Gasteiger partial charge in [0.1, 0.15) is 0 Å². The molecule has 2 aromatic rings. The Morgan fingerprint density at radius 2 is 2.11 bits per heavy atom. The summed E-state index contributed by atoms with van der Waals surface area (Å²) in [6, 6.07) is 6.91. The lowest BCUT2D eigenvalue weighted by atomic mass is 10.1. The van der Waals surface area contributed by atoms with Crippen molar-refractivity contribution in [1.82, 2.24) is 10.3 Å². The molecule has 2 rings (SSSR count). The van der Waals surface area contributed by atoms with E-state index < -0.39 is 18.0 Å². The van der Waals surface area contributed by atoms with Gasteiger partial charge in [-0.25, -0.2) is 4.79 Å². The molecule has 1 heterocycles. The number of carboxylic acid groups (broad SMARTS) is 1. The van der Waals surface area contributed by atoms with E-state index in [0.717, 1.165) is 10.9 Å². The number of aromatic nitrogens is 1. The van der Waals surface area contributed by atoms with Gasteiger partial charge < -0.3 is 20.5 Å². The second kappa shape index (κ2) is 4.89. The fourth-order valence-corrected chi connectivity index (χ4v) is 1.57. The Labute approximate surface area is 102 Å². The number of hydrogen-bond acceptors (Lipinski definition) is 3. The van der Waals surface area contributed by atoms with Gasteiger partial charge in [-0.2, -0.15) is 0 Å². The summed E-state index contributed by atoms with van der Waals surface area (Å²) in [7, 11) is 0. The quantitative estimate of drug-likeness (QED) is 0.626. The van der Waals surface area contributed by atoms with Gasteiger partial charge in [0.15, 0.2) is 6.10 Å². The first-order chi connectivity index (χ1) is 8.58. The lowest BCUT2D eigenvalue weighted by Crippen LogP contribution is -2.36. The highest BCUT2D eigenvalue weighted by Gasteiger charge is 2.15. The van der Waals surface area contributed by atoms with Crippen LogP contribution in [0, 0.1) is 0 Å². The van der Waals surface area contributed by atoms with E-state index in [1.54, 1.807) is 24.4 Å². The highest BCUT2D eigenvalue weighted by atomic mass is 16.4. The molecule has 0 unspecified atom stereocenters. The molecular formula is C12H12N2O4. The number of carbonyl (C=O) groups is 2. The van der Waals surface area contributed by atoms with Crippen LogP contribution in [0.5, 0.6) is 0 Å². The van der Waals surface area contributed by atoms with Crippen LogP contribution in [0.3, 0.4) is 0 Å². The Morgan fingerprint density at radius 1 is 1.33 bits per heavy atom. The Morgan fingerprint density at radius 3 is 2.83 bits per heavy atom. The summed E-state index contributed by atoms with van der Waals surface area (Å²) in [6.07, 6.45) is 0.172. The number of carbonyl (C=O) groups excluding carboxylic acids is 1. The minimum Gasteiger partial charge on any atom is -0.479 e. The van der Waals surface area contributed by atoms with E-state index in [-0.39, 0.29) is 6.54 Å². The zero-order chi connectivity index (χ0) is 13.1. The van der Waals surface area contributed by atoms with Gasteiger partial charge in [0.2, 0.25) is 0 Å². The van der Waals surface area contributed by atoms with Gasteiger partial charge in [-0.05, 0) is 24.3 Å². The van der Waals surface area contributed by atoms with Crippen molar-refractivity contribution < 1.29 is 19.8 Å². The van der Waals surface area contributed by atoms with Crippen molar-refractivity contribution >= 4 is 22.8 Å². The number of fused-ring (bicyclic) bond motifs is 1. The fraction of sp³-hybridized carbons (Fsp3) is 0.167. The average molecular weight is 248 g/mol. The number of aliphatic hydroxyl groups is 1. The lowest BCUT2D eigenvalue weighted by molar-refractivity contribution is -0.146. The molecular weight excluding hydrogens is 236 g/mol. The van der Waals surface area contributed by atoms with Gasteiger partial charge in [-0.1, -0.05) is 0 Å². The van der Waals surface area contributed by atoms with Crippen molar-refractivity contribution in [2.45, 2.75) is 6.10 Å². The molecule has 4 N–H and O–H groups in total. The van der Waals surface area contributed by atoms with Gasteiger partial charge in [0, 0.05) is 22.7 Å². The summed E-state index contributed by atoms with van der Waals surface area (Å²) >= 11 is 0. The van der Waals surface area contributed by atoms with Crippen molar-refractivity contribution in [3.8, 4) is 0 Å². The van der Waals surface area contributed by atoms with Gasteiger partial charge >= 0.3 is 5.97 Å². The van der Waals surface area contributed by atoms with Crippen LogP contribution in [-0.2, 0) is 4.79 Å². The number of aromatic amines is 1. The number of rotatable bonds is 4. The topological polar surface area (TPSA) is 102 Å². The van der Waals surface area contributed by atoms with Crippen molar-refractivity contribution in [1.29, 1.82) is 0 Å². The molecule has 0 spiro atoms. The third kappa shape index (κ3) is 2.49. The lowest BCUT2D eigenvalue weighted by Gasteiger charge is -2.07. The van der Waals surface area contributed by atoms with Crippen LogP contribution in [0.15, 0.2) is 30.5 Å². The molecule has 0 saturated heterocycles. The second-order valence-electron chi connectivity index (χ2n) is 3.84. The zero-order valence-corrected chi connectivity index (χ0v) is 9.38. The first-order valence-corrected chi connectivity index (χ1v) is 5.34. The number of H-pyrrole nitrogens is 1. The minimum absolute atomic E-state index is 0.320. The largest absolute Gasteiger partial charge is 0.479 e. The van der Waals surface area contributed by atoms with Gasteiger partial charge in [0.25, 0.3) is 5.91 Å². The van der Waals surface area contributed by atoms with Crippen molar-refractivity contribution in [2.75, 3.05) is 6.54 Å². The average Bonchev–Trinajstić information content (AvgIpc) is 2.82. The molecule has 6 nitrogen and oxygen atoms in total. The van der Waals surface area contributed by atoms with E-state index >= 15 is 0 Å². The van der Waals surface area contributed by atoms with E-state index in [0.29, 0.717) is 5.56 Å². The van der Waals surface area contributed by atoms with E-state index in [9.17, 15) is 9.59 Å².